The lowest BCUT2D eigenvalue weighted by Crippen LogP contribution is -2.04. The normalized spacial score (nSPS) is 23.6. The van der Waals surface area contributed by atoms with Crippen molar-refractivity contribution < 1.29 is 0 Å². The summed E-state index contributed by atoms with van der Waals surface area (Å²) < 4.78 is 0. The topological polar surface area (TPSA) is 0 Å². The second-order valence-corrected chi connectivity index (χ2v) is 2.73. The Hall–Kier alpha value is 0. The van der Waals surface area contributed by atoms with E-state index in [9.17, 15) is 0 Å². The molecule has 0 nitrogen and oxygen atoms in total. The highest BCUT2D eigenvalue weighted by molar-refractivity contribution is 4.74. The molecule has 0 heterocycles. The van der Waals surface area contributed by atoms with Crippen LogP contribution in [0.25, 0.3) is 0 Å². The number of hydrogen-bond donors (Lipinski definition) is 0. The number of rotatable bonds is 1. The molecule has 0 aromatic carbocycles. The van der Waals surface area contributed by atoms with Gasteiger partial charge in [-0.1, -0.05) is 32.1 Å². The molecule has 0 amide bonds. The predicted octanol–water partition coefficient (Wildman–Crippen LogP) is 2.79. The maximum atomic E-state index is 2.36. The van der Waals surface area contributed by atoms with E-state index in [1.165, 1.54) is 32.1 Å². The van der Waals surface area contributed by atoms with Gasteiger partial charge in [0, 0.05) is 0 Å². The van der Waals surface area contributed by atoms with Crippen molar-refractivity contribution in [1.29, 1.82) is 0 Å². The Morgan fingerprint density at radius 2 is 1.75 bits per heavy atom. The molecule has 48 valence electrons. The quantitative estimate of drug-likeness (QED) is 0.456. The van der Waals surface area contributed by atoms with Crippen molar-refractivity contribution in [3.05, 3.63) is 6.42 Å². The Morgan fingerprint density at radius 1 is 1.12 bits per heavy atom. The van der Waals surface area contributed by atoms with Gasteiger partial charge in [0.2, 0.25) is 0 Å². The van der Waals surface area contributed by atoms with Crippen molar-refractivity contribution in [3.8, 4) is 0 Å². The lowest BCUT2D eigenvalue weighted by atomic mass is 9.88. The molecule has 0 aromatic heterocycles. The average molecular weight is 111 g/mol. The van der Waals surface area contributed by atoms with Gasteiger partial charge >= 0.3 is 0 Å². The van der Waals surface area contributed by atoms with Gasteiger partial charge in [0.25, 0.3) is 0 Å². The second kappa shape index (κ2) is 3.11. The molecule has 0 aromatic rings. The summed E-state index contributed by atoms with van der Waals surface area (Å²) in [5.41, 5.74) is 0. The Balaban J connectivity index is 2.13. The SMILES string of the molecule is C[CH-]C1CCCCC1. The highest BCUT2D eigenvalue weighted by atomic mass is 14.2. The zero-order chi connectivity index (χ0) is 5.82. The van der Waals surface area contributed by atoms with Gasteiger partial charge in [0.1, 0.15) is 0 Å². The van der Waals surface area contributed by atoms with Crippen LogP contribution in [0.2, 0.25) is 0 Å². The van der Waals surface area contributed by atoms with Crippen LogP contribution in [0.5, 0.6) is 0 Å². The lowest BCUT2D eigenvalue weighted by Gasteiger charge is -2.26. The first-order valence-electron chi connectivity index (χ1n) is 3.73. The highest BCUT2D eigenvalue weighted by Crippen LogP contribution is 2.24. The molecule has 0 unspecified atom stereocenters. The Kier molecular flexibility index (Phi) is 2.38. The third-order valence-electron chi connectivity index (χ3n) is 2.12. The first-order valence-corrected chi connectivity index (χ1v) is 3.73. The van der Waals surface area contributed by atoms with Crippen LogP contribution < -0.4 is 0 Å². The van der Waals surface area contributed by atoms with Crippen LogP contribution in [0.4, 0.5) is 0 Å². The molecule has 1 rings (SSSR count). The van der Waals surface area contributed by atoms with Gasteiger partial charge in [0.05, 0.1) is 0 Å². The first kappa shape index (κ1) is 6.12. The standard InChI is InChI=1S/C8H15/c1-2-8-6-4-3-5-7-8/h2,8H,3-7H2,1H3/q-1. The molecule has 0 atom stereocenters. The van der Waals surface area contributed by atoms with Crippen molar-refractivity contribution in [3.63, 3.8) is 0 Å². The van der Waals surface area contributed by atoms with Gasteiger partial charge in [-0.15, -0.1) is 0 Å². The van der Waals surface area contributed by atoms with E-state index < -0.39 is 0 Å². The molecule has 0 saturated heterocycles. The molecule has 0 radical (unpaired) electrons. The van der Waals surface area contributed by atoms with E-state index in [0.29, 0.717) is 0 Å². The highest BCUT2D eigenvalue weighted by Gasteiger charge is 2.03. The van der Waals surface area contributed by atoms with E-state index in [-0.39, 0.29) is 0 Å². The van der Waals surface area contributed by atoms with Crippen molar-refractivity contribution in [2.45, 2.75) is 39.0 Å². The molecule has 8 heavy (non-hydrogen) atoms. The van der Waals surface area contributed by atoms with Gasteiger partial charge in [-0.3, -0.25) is 0 Å². The Labute approximate surface area is 52.3 Å². The second-order valence-electron chi connectivity index (χ2n) is 2.73. The lowest BCUT2D eigenvalue weighted by molar-refractivity contribution is 0.399. The molecular formula is C8H15-. The monoisotopic (exact) mass is 111 g/mol. The molecule has 1 saturated carbocycles. The van der Waals surface area contributed by atoms with Crippen LogP contribution in [0.1, 0.15) is 39.0 Å². The molecule has 0 bridgehead atoms. The van der Waals surface area contributed by atoms with Crippen LogP contribution in [-0.4, -0.2) is 0 Å². The zero-order valence-electron chi connectivity index (χ0n) is 5.69. The van der Waals surface area contributed by atoms with Gasteiger partial charge in [0.15, 0.2) is 0 Å². The van der Waals surface area contributed by atoms with Gasteiger partial charge < -0.3 is 6.42 Å². The van der Waals surface area contributed by atoms with E-state index in [0.717, 1.165) is 5.92 Å². The molecule has 0 spiro atoms. The maximum absolute atomic E-state index is 2.36. The fourth-order valence-electron chi connectivity index (χ4n) is 1.47. The Morgan fingerprint density at radius 3 is 2.12 bits per heavy atom. The van der Waals surface area contributed by atoms with E-state index in [1.807, 2.05) is 0 Å². The van der Waals surface area contributed by atoms with Crippen molar-refractivity contribution in [1.82, 2.24) is 0 Å². The zero-order valence-corrected chi connectivity index (χ0v) is 5.69. The molecule has 1 aliphatic carbocycles. The molecular weight excluding hydrogens is 96.1 g/mol. The van der Waals surface area contributed by atoms with E-state index >= 15 is 0 Å². The molecule has 1 fully saturated rings. The fraction of sp³-hybridized carbons (Fsp3) is 0.875. The summed E-state index contributed by atoms with van der Waals surface area (Å²) in [6.45, 7) is 2.19. The Bertz CT molecular complexity index is 51.1. The van der Waals surface area contributed by atoms with E-state index in [2.05, 4.69) is 13.3 Å². The number of hydrogen-bond acceptors (Lipinski definition) is 0. The summed E-state index contributed by atoms with van der Waals surface area (Å²) in [6.07, 6.45) is 9.68. The van der Waals surface area contributed by atoms with Crippen LogP contribution in [-0.2, 0) is 0 Å². The third kappa shape index (κ3) is 1.50. The molecule has 0 aliphatic heterocycles. The summed E-state index contributed by atoms with van der Waals surface area (Å²) in [5.74, 6) is 0.962. The summed E-state index contributed by atoms with van der Waals surface area (Å²) in [6, 6.07) is 0. The summed E-state index contributed by atoms with van der Waals surface area (Å²) in [4.78, 5) is 0. The van der Waals surface area contributed by atoms with Crippen LogP contribution in [0.15, 0.2) is 0 Å². The maximum Gasteiger partial charge on any atom is -0.0535 e. The van der Waals surface area contributed by atoms with Gasteiger partial charge in [-0.05, 0) is 0 Å². The smallest absolute Gasteiger partial charge is 0.0535 e. The predicted molar refractivity (Wildman–Crippen MR) is 36.5 cm³/mol. The minimum absolute atomic E-state index is 0.962. The summed E-state index contributed by atoms with van der Waals surface area (Å²) in [7, 11) is 0. The molecule has 0 N–H and O–H groups in total. The van der Waals surface area contributed by atoms with E-state index in [4.69, 9.17) is 0 Å². The van der Waals surface area contributed by atoms with Crippen molar-refractivity contribution in [2.75, 3.05) is 0 Å². The van der Waals surface area contributed by atoms with E-state index in [1.54, 1.807) is 0 Å². The third-order valence-corrected chi connectivity index (χ3v) is 2.12. The molecule has 0 heteroatoms. The van der Waals surface area contributed by atoms with Gasteiger partial charge in [-0.25, -0.2) is 0 Å². The molecule has 1 aliphatic rings. The van der Waals surface area contributed by atoms with Crippen molar-refractivity contribution >= 4 is 0 Å². The first-order chi connectivity index (χ1) is 3.93. The van der Waals surface area contributed by atoms with Crippen LogP contribution in [0.3, 0.4) is 0 Å². The van der Waals surface area contributed by atoms with Gasteiger partial charge in [-0.2, -0.15) is 12.8 Å². The fourth-order valence-corrected chi connectivity index (χ4v) is 1.47. The average Bonchev–Trinajstić information content (AvgIpc) is 1.90. The van der Waals surface area contributed by atoms with Crippen LogP contribution >= 0.6 is 0 Å². The van der Waals surface area contributed by atoms with Crippen LogP contribution in [0, 0.1) is 12.3 Å². The van der Waals surface area contributed by atoms with Crippen molar-refractivity contribution in [2.24, 2.45) is 5.92 Å². The largest absolute Gasteiger partial charge is 0.328 e. The minimum Gasteiger partial charge on any atom is -0.328 e. The summed E-state index contributed by atoms with van der Waals surface area (Å²) in [5, 5.41) is 0. The summed E-state index contributed by atoms with van der Waals surface area (Å²) >= 11 is 0. The minimum atomic E-state index is 0.962.